The first kappa shape index (κ1) is 37.8. The number of oxime groups is 1. The topological polar surface area (TPSA) is 144 Å². The number of methoxy groups -OCH3 is 1. The van der Waals surface area contributed by atoms with E-state index < -0.39 is 41.8 Å². The molecule has 3 aliphatic carbocycles. The first-order valence-corrected chi connectivity index (χ1v) is 18.0. The fourth-order valence-electron chi connectivity index (χ4n) is 7.63. The number of rotatable bonds is 11. The van der Waals surface area contributed by atoms with E-state index in [-0.39, 0.29) is 45.8 Å². The first-order chi connectivity index (χ1) is 23.3. The van der Waals surface area contributed by atoms with Gasteiger partial charge >= 0.3 is 19.2 Å². The van der Waals surface area contributed by atoms with Crippen molar-refractivity contribution in [3.8, 4) is 5.75 Å². The summed E-state index contributed by atoms with van der Waals surface area (Å²) < 4.78 is 30.4. The summed E-state index contributed by atoms with van der Waals surface area (Å²) in [5.74, 6) is -0.133. The van der Waals surface area contributed by atoms with Gasteiger partial charge in [0.2, 0.25) is 0 Å². The Morgan fingerprint density at radius 2 is 1.78 bits per heavy atom. The third-order valence-corrected chi connectivity index (χ3v) is 10.8. The average molecular weight is 712 g/mol. The number of para-hydroxylation sites is 1. The molecule has 14 heteroatoms. The van der Waals surface area contributed by atoms with Gasteiger partial charge in [0, 0.05) is 17.6 Å². The lowest BCUT2D eigenvalue weighted by Crippen LogP contribution is -2.65. The lowest BCUT2D eigenvalue weighted by molar-refractivity contribution is -0.199. The van der Waals surface area contributed by atoms with Crippen LogP contribution < -0.4 is 10.1 Å². The maximum absolute atomic E-state index is 14.2. The minimum Gasteiger partial charge on any atom is -0.496 e. The van der Waals surface area contributed by atoms with E-state index in [1.54, 1.807) is 59.1 Å². The molecule has 1 aliphatic heterocycles. The number of carbonyl (C=O) groups excluding carboxylic acids is 3. The Labute approximate surface area is 299 Å². The Morgan fingerprint density at radius 1 is 1.08 bits per heavy atom. The molecular weight excluding hydrogens is 661 g/mol. The van der Waals surface area contributed by atoms with Crippen LogP contribution in [0.15, 0.2) is 28.7 Å². The van der Waals surface area contributed by atoms with Crippen molar-refractivity contribution >= 4 is 47.1 Å². The Bertz CT molecular complexity index is 1650. The standard InChI is InChI=1S/C36H50BN3O9S/c1-33(2,3)46-30(42)23-14-12-13-20(29(23)44-10)15-22(37-48-27-17-21-16-26(35(21,7)8)36(27,9)49-37)18-25(41)28(40-45-11)24-19-50-31(38-24)39-32(43)47-34(4,5)6/h12-14,19,21-22,26-27H,15-18H2,1-11H3,(H,38,39,43)/b40-28-/t21-,22+,26-,27?,36-/m0/s1. The van der Waals surface area contributed by atoms with Gasteiger partial charge in [-0.25, -0.2) is 14.6 Å². The second-order valence-corrected chi connectivity index (χ2v) is 17.1. The third kappa shape index (κ3) is 7.87. The van der Waals surface area contributed by atoms with Crippen LogP contribution in [0.25, 0.3) is 0 Å². The average Bonchev–Trinajstić information content (AvgIpc) is 3.60. The predicted octanol–water partition coefficient (Wildman–Crippen LogP) is 7.10. The van der Waals surface area contributed by atoms with E-state index in [1.165, 1.54) is 14.2 Å². The maximum Gasteiger partial charge on any atom is 0.461 e. The molecule has 1 amide bonds. The first-order valence-electron chi connectivity index (χ1n) is 17.1. The number of esters is 1. The monoisotopic (exact) mass is 711 g/mol. The van der Waals surface area contributed by atoms with Crippen LogP contribution in [-0.2, 0) is 34.8 Å². The second kappa shape index (κ2) is 13.9. The lowest BCUT2D eigenvalue weighted by atomic mass is 9.43. The molecule has 1 aromatic carbocycles. The molecule has 1 aromatic heterocycles. The van der Waals surface area contributed by atoms with Gasteiger partial charge in [0.25, 0.3) is 0 Å². The molecule has 6 rings (SSSR count). The van der Waals surface area contributed by atoms with E-state index >= 15 is 0 Å². The third-order valence-electron chi connectivity index (χ3n) is 10.0. The van der Waals surface area contributed by atoms with Crippen molar-refractivity contribution < 1.29 is 42.7 Å². The van der Waals surface area contributed by atoms with Gasteiger partial charge in [-0.1, -0.05) is 31.1 Å². The van der Waals surface area contributed by atoms with Gasteiger partial charge in [-0.2, -0.15) is 0 Å². The molecule has 1 unspecified atom stereocenters. The van der Waals surface area contributed by atoms with Gasteiger partial charge < -0.3 is 28.4 Å². The number of thiazole rings is 1. The normalized spacial score (nSPS) is 24.8. The van der Waals surface area contributed by atoms with Crippen LogP contribution in [0.2, 0.25) is 5.82 Å². The molecule has 0 radical (unpaired) electrons. The molecule has 272 valence electrons. The summed E-state index contributed by atoms with van der Waals surface area (Å²) >= 11 is 1.13. The van der Waals surface area contributed by atoms with Crippen LogP contribution in [0.1, 0.15) is 103 Å². The Morgan fingerprint density at radius 3 is 2.40 bits per heavy atom. The number of nitrogens with one attached hydrogen (secondary N) is 1. The number of hydrogen-bond acceptors (Lipinski definition) is 12. The van der Waals surface area contributed by atoms with E-state index in [0.29, 0.717) is 29.6 Å². The summed E-state index contributed by atoms with van der Waals surface area (Å²) in [5, 5.41) is 8.54. The minimum atomic E-state index is -0.720. The highest BCUT2D eigenvalue weighted by atomic mass is 32.1. The van der Waals surface area contributed by atoms with Crippen LogP contribution in [0.3, 0.4) is 0 Å². The molecule has 1 saturated heterocycles. The molecular formula is C36H50BN3O9S. The van der Waals surface area contributed by atoms with Gasteiger partial charge in [-0.05, 0) is 96.6 Å². The quantitative estimate of drug-likeness (QED) is 0.111. The Hall–Kier alpha value is -3.49. The number of aromatic nitrogens is 1. The van der Waals surface area contributed by atoms with Crippen molar-refractivity contribution in [2.24, 2.45) is 22.4 Å². The van der Waals surface area contributed by atoms with Crippen LogP contribution >= 0.6 is 11.3 Å². The minimum absolute atomic E-state index is 0.00882. The summed E-state index contributed by atoms with van der Waals surface area (Å²) in [5.41, 5.74) is -0.543. The molecule has 0 spiro atoms. The number of nitrogens with zero attached hydrogens (tertiary/aromatic N) is 2. The maximum atomic E-state index is 14.2. The molecule has 2 bridgehead atoms. The lowest BCUT2D eigenvalue weighted by Gasteiger charge is -2.64. The summed E-state index contributed by atoms with van der Waals surface area (Å²) in [6.45, 7) is 17.4. The van der Waals surface area contributed by atoms with E-state index in [1.807, 2.05) is 6.07 Å². The number of amides is 1. The number of ether oxygens (including phenoxy) is 3. The summed E-state index contributed by atoms with van der Waals surface area (Å²) in [6, 6.07) is 5.31. The highest BCUT2D eigenvalue weighted by Crippen LogP contribution is 2.66. The zero-order valence-electron chi connectivity index (χ0n) is 31.0. The van der Waals surface area contributed by atoms with Gasteiger partial charge in [0.05, 0.1) is 18.8 Å². The molecule has 5 atom stereocenters. The van der Waals surface area contributed by atoms with Gasteiger partial charge in [0.15, 0.2) is 16.6 Å². The van der Waals surface area contributed by atoms with E-state index in [0.717, 1.165) is 24.2 Å². The predicted molar refractivity (Wildman–Crippen MR) is 191 cm³/mol. The summed E-state index contributed by atoms with van der Waals surface area (Å²) in [6.07, 6.45) is 1.45. The Balaban J connectivity index is 1.44. The van der Waals surface area contributed by atoms with Gasteiger partial charge in [0.1, 0.15) is 35.3 Å². The number of benzene rings is 1. The molecule has 2 aromatic rings. The highest BCUT2D eigenvalue weighted by molar-refractivity contribution is 7.14. The molecule has 4 fully saturated rings. The van der Waals surface area contributed by atoms with Crippen LogP contribution in [0.5, 0.6) is 5.75 Å². The zero-order chi connectivity index (χ0) is 36.8. The van der Waals surface area contributed by atoms with Crippen molar-refractivity contribution in [2.75, 3.05) is 19.5 Å². The number of carbonyl (C=O) groups is 3. The molecule has 1 N–H and O–H groups in total. The molecule has 12 nitrogen and oxygen atoms in total. The van der Waals surface area contributed by atoms with E-state index in [2.05, 4.69) is 36.2 Å². The SMILES string of the molecule is CO/N=C(\C(=O)C[C@@H](Cc1cccc(C(=O)OC(C)(C)C)c1OC)B1OC2C[C@@H]3C[C@@H](C3(C)C)[C@]2(C)O1)c1csc(NC(=O)OC(C)(C)C)n1. The smallest absolute Gasteiger partial charge is 0.461 e. The molecule has 50 heavy (non-hydrogen) atoms. The van der Waals surface area contributed by atoms with Crippen LogP contribution in [-0.4, -0.2) is 72.8 Å². The van der Waals surface area contributed by atoms with Gasteiger partial charge in [-0.15, -0.1) is 11.3 Å². The summed E-state index contributed by atoms with van der Waals surface area (Å²) in [4.78, 5) is 49.3. The second-order valence-electron chi connectivity index (χ2n) is 16.2. The van der Waals surface area contributed by atoms with Crippen molar-refractivity contribution in [1.29, 1.82) is 0 Å². The van der Waals surface area contributed by atoms with E-state index in [9.17, 15) is 14.4 Å². The highest BCUT2D eigenvalue weighted by Gasteiger charge is 2.68. The van der Waals surface area contributed by atoms with Crippen molar-refractivity contribution in [3.05, 3.63) is 40.4 Å². The number of ketones is 1. The molecule has 3 saturated carbocycles. The van der Waals surface area contributed by atoms with Crippen LogP contribution in [0.4, 0.5) is 9.93 Å². The molecule has 2 heterocycles. The van der Waals surface area contributed by atoms with Gasteiger partial charge in [-0.3, -0.25) is 10.1 Å². The van der Waals surface area contributed by atoms with Crippen molar-refractivity contribution in [3.63, 3.8) is 0 Å². The largest absolute Gasteiger partial charge is 0.496 e. The van der Waals surface area contributed by atoms with Crippen molar-refractivity contribution in [2.45, 2.75) is 117 Å². The fourth-order valence-corrected chi connectivity index (χ4v) is 8.31. The number of Topliss-reactive ketones (excluding diaryl/α,β-unsaturated/α-hetero) is 1. The zero-order valence-corrected chi connectivity index (χ0v) is 31.8. The number of hydrogen-bond donors (Lipinski definition) is 1. The van der Waals surface area contributed by atoms with Crippen LogP contribution in [0, 0.1) is 17.3 Å². The fraction of sp³-hybridized carbons (Fsp3) is 0.639. The molecule has 4 aliphatic rings. The number of anilines is 1. The van der Waals surface area contributed by atoms with E-state index in [4.69, 9.17) is 28.4 Å². The van der Waals surface area contributed by atoms with Crippen molar-refractivity contribution in [1.82, 2.24) is 4.98 Å². The summed E-state index contributed by atoms with van der Waals surface area (Å²) in [7, 11) is 2.14. The Kier molecular flexibility index (Phi) is 10.5.